The number of halogens is 1. The summed E-state index contributed by atoms with van der Waals surface area (Å²) in [7, 11) is 0. The Labute approximate surface area is 222 Å². The van der Waals surface area contributed by atoms with Crippen LogP contribution in [-0.4, -0.2) is 63.8 Å². The highest BCUT2D eigenvalue weighted by atomic mass is 19.1. The lowest BCUT2D eigenvalue weighted by Crippen LogP contribution is -2.58. The first-order valence-corrected chi connectivity index (χ1v) is 14.1. The molecule has 2 aliphatic heterocycles. The predicted octanol–water partition coefficient (Wildman–Crippen LogP) is 3.79. The molecule has 3 aromatic rings. The van der Waals surface area contributed by atoms with Gasteiger partial charge in [0, 0.05) is 49.3 Å². The highest BCUT2D eigenvalue weighted by molar-refractivity contribution is 6.02. The van der Waals surface area contributed by atoms with Crippen molar-refractivity contribution in [3.8, 4) is 11.3 Å². The number of hydrogen-bond donors (Lipinski definition) is 3. The molecule has 202 valence electrons. The monoisotopic (exact) mass is 520 g/mol. The summed E-state index contributed by atoms with van der Waals surface area (Å²) in [6, 6.07) is 9.55. The Kier molecular flexibility index (Phi) is 6.82. The molecule has 4 atom stereocenters. The Morgan fingerprint density at radius 3 is 2.50 bits per heavy atom. The van der Waals surface area contributed by atoms with Crippen molar-refractivity contribution in [3.05, 3.63) is 57.5 Å². The van der Waals surface area contributed by atoms with Gasteiger partial charge in [-0.1, -0.05) is 43.5 Å². The number of carbonyl (C=O) groups is 1. The Morgan fingerprint density at radius 2 is 1.82 bits per heavy atom. The Hall–Kier alpha value is -3.04. The van der Waals surface area contributed by atoms with Crippen LogP contribution in [0.3, 0.4) is 0 Å². The van der Waals surface area contributed by atoms with Crippen LogP contribution in [-0.2, 0) is 0 Å². The minimum absolute atomic E-state index is 0.0401. The number of H-pyrrole nitrogens is 1. The number of piperazine rings is 1. The Bertz CT molecular complexity index is 1380. The standard InChI is InChI=1S/C29H37FN6O2/c1-17-26(32-13-12-31-17)27-25(29(38)35-16-22(15-30)18(35)2)28-33-23(14-24(37)36(28)34-27)21-10-8-20(9-11-21)19-6-4-3-5-7-19/h8-11,14,17-19,22,26,31-32,34H,3-7,12-13,15-16H2,1-2H3/t17?,18-,22-,26?/m1/s1. The highest BCUT2D eigenvalue weighted by Crippen LogP contribution is 2.34. The quantitative estimate of drug-likeness (QED) is 0.476. The van der Waals surface area contributed by atoms with Crippen molar-refractivity contribution in [1.82, 2.24) is 30.1 Å². The number of nitrogens with one attached hydrogen (secondary N) is 3. The van der Waals surface area contributed by atoms with Crippen LogP contribution in [0.5, 0.6) is 0 Å². The molecule has 2 aromatic heterocycles. The van der Waals surface area contributed by atoms with Crippen molar-refractivity contribution in [3.63, 3.8) is 0 Å². The summed E-state index contributed by atoms with van der Waals surface area (Å²) in [5, 5.41) is 10.1. The number of benzene rings is 1. The van der Waals surface area contributed by atoms with Crippen molar-refractivity contribution >= 4 is 11.6 Å². The van der Waals surface area contributed by atoms with Gasteiger partial charge in [-0.2, -0.15) is 0 Å². The number of amides is 1. The lowest BCUT2D eigenvalue weighted by atomic mass is 9.84. The maximum Gasteiger partial charge on any atom is 0.273 e. The molecular weight excluding hydrogens is 483 g/mol. The fourth-order valence-electron chi connectivity index (χ4n) is 6.45. The van der Waals surface area contributed by atoms with Crippen LogP contribution >= 0.6 is 0 Å². The number of fused-ring (bicyclic) bond motifs is 1. The number of aromatic nitrogens is 3. The van der Waals surface area contributed by atoms with Gasteiger partial charge in [-0.05, 0) is 38.2 Å². The van der Waals surface area contributed by atoms with E-state index in [0.717, 1.165) is 18.7 Å². The molecule has 1 aromatic carbocycles. The topological polar surface area (TPSA) is 94.5 Å². The first-order valence-electron chi connectivity index (χ1n) is 14.1. The average molecular weight is 521 g/mol. The van der Waals surface area contributed by atoms with Crippen LogP contribution in [0, 0.1) is 5.92 Å². The summed E-state index contributed by atoms with van der Waals surface area (Å²) in [6.45, 7) is 5.41. The van der Waals surface area contributed by atoms with Gasteiger partial charge >= 0.3 is 0 Å². The average Bonchev–Trinajstić information content (AvgIpc) is 3.33. The molecule has 1 amide bonds. The number of rotatable bonds is 5. The number of hydrogen-bond acceptors (Lipinski definition) is 5. The molecule has 8 nitrogen and oxygen atoms in total. The van der Waals surface area contributed by atoms with Crippen molar-refractivity contribution in [2.24, 2.45) is 5.92 Å². The van der Waals surface area contributed by atoms with Crippen molar-refractivity contribution in [2.45, 2.75) is 70.0 Å². The minimum atomic E-state index is -0.449. The molecule has 0 bridgehead atoms. The zero-order valence-electron chi connectivity index (χ0n) is 22.2. The molecule has 2 unspecified atom stereocenters. The van der Waals surface area contributed by atoms with E-state index in [2.05, 4.69) is 34.8 Å². The van der Waals surface area contributed by atoms with Crippen LogP contribution in [0.4, 0.5) is 4.39 Å². The van der Waals surface area contributed by atoms with Crippen molar-refractivity contribution < 1.29 is 9.18 Å². The third-order valence-corrected chi connectivity index (χ3v) is 8.97. The predicted molar refractivity (Wildman–Crippen MR) is 145 cm³/mol. The molecule has 4 heterocycles. The molecule has 2 saturated heterocycles. The largest absolute Gasteiger partial charge is 0.335 e. The van der Waals surface area contributed by atoms with E-state index in [9.17, 15) is 14.0 Å². The number of carbonyl (C=O) groups excluding carboxylic acids is 1. The van der Waals surface area contributed by atoms with Crippen LogP contribution in [0.15, 0.2) is 35.1 Å². The van der Waals surface area contributed by atoms with Crippen molar-refractivity contribution in [1.29, 1.82) is 0 Å². The lowest BCUT2D eigenvalue weighted by Gasteiger charge is -2.45. The molecule has 1 aliphatic carbocycles. The smallest absolute Gasteiger partial charge is 0.273 e. The normalized spacial score (nSPS) is 26.4. The van der Waals surface area contributed by atoms with Gasteiger partial charge in [-0.3, -0.25) is 19.1 Å². The van der Waals surface area contributed by atoms with Gasteiger partial charge in [-0.25, -0.2) is 9.50 Å². The molecule has 9 heteroatoms. The third kappa shape index (κ3) is 4.35. The van der Waals surface area contributed by atoms with Crippen LogP contribution < -0.4 is 16.2 Å². The van der Waals surface area contributed by atoms with Gasteiger partial charge in [-0.15, -0.1) is 0 Å². The molecule has 6 rings (SSSR count). The number of likely N-dealkylation sites (tertiary alicyclic amines) is 1. The summed E-state index contributed by atoms with van der Waals surface area (Å²) in [5.74, 6) is 0.225. The van der Waals surface area contributed by atoms with Crippen LogP contribution in [0.1, 0.15) is 79.5 Å². The molecule has 3 fully saturated rings. The molecule has 3 aliphatic rings. The van der Waals surface area contributed by atoms with Crippen molar-refractivity contribution in [2.75, 3.05) is 26.3 Å². The molecule has 0 spiro atoms. The van der Waals surface area contributed by atoms with Gasteiger partial charge in [0.2, 0.25) is 0 Å². The molecule has 3 N–H and O–H groups in total. The third-order valence-electron chi connectivity index (χ3n) is 8.97. The summed E-state index contributed by atoms with van der Waals surface area (Å²) >= 11 is 0. The molecule has 38 heavy (non-hydrogen) atoms. The van der Waals surface area contributed by atoms with Gasteiger partial charge < -0.3 is 15.5 Å². The second-order valence-electron chi connectivity index (χ2n) is 11.3. The van der Waals surface area contributed by atoms with E-state index in [-0.39, 0.29) is 35.5 Å². The van der Waals surface area contributed by atoms with E-state index in [1.165, 1.54) is 48.2 Å². The van der Waals surface area contributed by atoms with Gasteiger partial charge in [0.25, 0.3) is 11.5 Å². The summed E-state index contributed by atoms with van der Waals surface area (Å²) < 4.78 is 14.7. The molecule has 0 radical (unpaired) electrons. The van der Waals surface area contributed by atoms with E-state index in [0.29, 0.717) is 35.1 Å². The van der Waals surface area contributed by atoms with Gasteiger partial charge in [0.15, 0.2) is 5.65 Å². The van der Waals surface area contributed by atoms with E-state index in [4.69, 9.17) is 4.98 Å². The maximum absolute atomic E-state index is 13.9. The fraction of sp³-hybridized carbons (Fsp3) is 0.552. The number of nitrogens with zero attached hydrogens (tertiary/aromatic N) is 3. The second kappa shape index (κ2) is 10.3. The van der Waals surface area contributed by atoms with Crippen LogP contribution in [0.2, 0.25) is 0 Å². The van der Waals surface area contributed by atoms with E-state index in [1.54, 1.807) is 4.90 Å². The molecule has 1 saturated carbocycles. The van der Waals surface area contributed by atoms with Gasteiger partial charge in [0.05, 0.1) is 24.1 Å². The molecular formula is C29H37FN6O2. The summed E-state index contributed by atoms with van der Waals surface area (Å²) in [4.78, 5) is 33.8. The SMILES string of the molecule is CC1NCCNC1c1[nH]n2c(=O)cc(-c3ccc(C4CCCCC4)cc3)nc2c1C(=O)N1C[C@@H](CF)[C@H]1C. The highest BCUT2D eigenvalue weighted by Gasteiger charge is 2.42. The zero-order valence-corrected chi connectivity index (χ0v) is 22.2. The van der Waals surface area contributed by atoms with E-state index >= 15 is 0 Å². The summed E-state index contributed by atoms with van der Waals surface area (Å²) in [5.41, 5.74) is 3.82. The first-order chi connectivity index (χ1) is 18.5. The minimum Gasteiger partial charge on any atom is -0.335 e. The van der Waals surface area contributed by atoms with Gasteiger partial charge in [0.1, 0.15) is 5.56 Å². The Morgan fingerprint density at radius 1 is 1.08 bits per heavy atom. The summed E-state index contributed by atoms with van der Waals surface area (Å²) in [6.07, 6.45) is 6.32. The fourth-order valence-corrected chi connectivity index (χ4v) is 6.45. The second-order valence-corrected chi connectivity index (χ2v) is 11.3. The first kappa shape index (κ1) is 25.2. The zero-order chi connectivity index (χ0) is 26.4. The Balaban J connectivity index is 1.42. The van der Waals surface area contributed by atoms with E-state index in [1.807, 2.05) is 19.1 Å². The van der Waals surface area contributed by atoms with E-state index < -0.39 is 6.67 Å². The maximum atomic E-state index is 13.9. The number of aromatic amines is 1. The van der Waals surface area contributed by atoms with Crippen LogP contribution in [0.25, 0.3) is 16.9 Å². The number of alkyl halides is 1. The lowest BCUT2D eigenvalue weighted by molar-refractivity contribution is 0.0139.